The van der Waals surface area contributed by atoms with Crippen molar-refractivity contribution in [3.63, 3.8) is 0 Å². The average Bonchev–Trinajstić information content (AvgIpc) is 3.29. The van der Waals surface area contributed by atoms with Crippen molar-refractivity contribution in [1.82, 2.24) is 15.6 Å². The first-order chi connectivity index (χ1) is 12.2. The molecule has 6 heteroatoms. The fraction of sp³-hybridized carbons (Fsp3) is 0.263. The van der Waals surface area contributed by atoms with Crippen LogP contribution in [0.5, 0.6) is 0 Å². The van der Waals surface area contributed by atoms with Crippen molar-refractivity contribution in [3.05, 3.63) is 58.4 Å². The van der Waals surface area contributed by atoms with Crippen LogP contribution < -0.4 is 10.6 Å². The minimum atomic E-state index is -0.611. The zero-order valence-corrected chi connectivity index (χ0v) is 14.9. The topological polar surface area (TPSA) is 74.0 Å². The predicted molar refractivity (Wildman–Crippen MR) is 101 cm³/mol. The molecule has 0 aliphatic rings. The molecule has 2 amide bonds. The molecule has 5 nitrogen and oxygen atoms in total. The van der Waals surface area contributed by atoms with Crippen molar-refractivity contribution in [2.75, 3.05) is 6.54 Å². The maximum atomic E-state index is 12.5. The van der Waals surface area contributed by atoms with E-state index in [1.807, 2.05) is 48.8 Å². The summed E-state index contributed by atoms with van der Waals surface area (Å²) in [6.45, 7) is 2.59. The second-order valence-electron chi connectivity index (χ2n) is 5.86. The molecule has 3 rings (SSSR count). The van der Waals surface area contributed by atoms with Crippen LogP contribution in [-0.2, 0) is 11.2 Å². The Labute approximate surface area is 150 Å². The quantitative estimate of drug-likeness (QED) is 0.609. The summed E-state index contributed by atoms with van der Waals surface area (Å²) in [7, 11) is 0. The number of para-hydroxylation sites is 1. The smallest absolute Gasteiger partial charge is 0.262 e. The highest BCUT2D eigenvalue weighted by molar-refractivity contribution is 7.12. The second kappa shape index (κ2) is 7.98. The standard InChI is InChI=1S/C19H21N3O2S/c1-2-9-20-18(23)16(22-19(24)17-8-5-10-25-17)11-13-12-21-15-7-4-3-6-14(13)15/h3-8,10,12,16,21H,2,9,11H2,1H3,(H,20,23)(H,22,24)/t16-/m0/s1. The molecule has 0 radical (unpaired) electrons. The molecule has 1 aromatic carbocycles. The summed E-state index contributed by atoms with van der Waals surface area (Å²) in [4.78, 5) is 28.8. The Morgan fingerprint density at radius 2 is 2.04 bits per heavy atom. The first-order valence-corrected chi connectivity index (χ1v) is 9.24. The van der Waals surface area contributed by atoms with E-state index >= 15 is 0 Å². The summed E-state index contributed by atoms with van der Waals surface area (Å²) in [6.07, 6.45) is 3.20. The highest BCUT2D eigenvalue weighted by Gasteiger charge is 2.23. The number of aromatic amines is 1. The van der Waals surface area contributed by atoms with E-state index in [0.29, 0.717) is 17.8 Å². The molecule has 3 aromatic rings. The van der Waals surface area contributed by atoms with Crippen LogP contribution in [0.4, 0.5) is 0 Å². The van der Waals surface area contributed by atoms with Crippen LogP contribution in [0.2, 0.25) is 0 Å². The number of H-pyrrole nitrogens is 1. The summed E-state index contributed by atoms with van der Waals surface area (Å²) < 4.78 is 0. The fourth-order valence-electron chi connectivity index (χ4n) is 2.74. The summed E-state index contributed by atoms with van der Waals surface area (Å²) in [5.41, 5.74) is 2.04. The maximum Gasteiger partial charge on any atom is 0.262 e. The van der Waals surface area contributed by atoms with Gasteiger partial charge in [0.2, 0.25) is 5.91 Å². The number of carbonyl (C=O) groups is 2. The van der Waals surface area contributed by atoms with Gasteiger partial charge >= 0.3 is 0 Å². The van der Waals surface area contributed by atoms with Gasteiger partial charge < -0.3 is 15.6 Å². The summed E-state index contributed by atoms with van der Waals surface area (Å²) in [5.74, 6) is -0.372. The third-order valence-electron chi connectivity index (χ3n) is 4.01. The van der Waals surface area contributed by atoms with Gasteiger partial charge in [-0.05, 0) is 29.5 Å². The van der Waals surface area contributed by atoms with Crippen molar-refractivity contribution in [2.45, 2.75) is 25.8 Å². The first-order valence-electron chi connectivity index (χ1n) is 8.36. The van der Waals surface area contributed by atoms with Gasteiger partial charge in [-0.3, -0.25) is 9.59 Å². The highest BCUT2D eigenvalue weighted by atomic mass is 32.1. The van der Waals surface area contributed by atoms with Crippen molar-refractivity contribution < 1.29 is 9.59 Å². The molecule has 0 bridgehead atoms. The lowest BCUT2D eigenvalue weighted by molar-refractivity contribution is -0.122. The molecule has 0 spiro atoms. The van der Waals surface area contributed by atoms with Crippen molar-refractivity contribution in [2.24, 2.45) is 0 Å². The van der Waals surface area contributed by atoms with Gasteiger partial charge in [0.1, 0.15) is 6.04 Å². The van der Waals surface area contributed by atoms with E-state index in [4.69, 9.17) is 0 Å². The van der Waals surface area contributed by atoms with Crippen LogP contribution in [0.25, 0.3) is 10.9 Å². The molecule has 130 valence electrons. The van der Waals surface area contributed by atoms with E-state index in [1.54, 1.807) is 6.07 Å². The second-order valence-corrected chi connectivity index (χ2v) is 6.81. The lowest BCUT2D eigenvalue weighted by Gasteiger charge is -2.18. The molecule has 0 unspecified atom stereocenters. The highest BCUT2D eigenvalue weighted by Crippen LogP contribution is 2.19. The molecule has 0 saturated heterocycles. The zero-order valence-electron chi connectivity index (χ0n) is 14.0. The van der Waals surface area contributed by atoms with Gasteiger partial charge in [-0.1, -0.05) is 31.2 Å². The number of aromatic nitrogens is 1. The van der Waals surface area contributed by atoms with E-state index in [1.165, 1.54) is 11.3 Å². The number of hydrogen-bond donors (Lipinski definition) is 3. The Balaban J connectivity index is 1.80. The van der Waals surface area contributed by atoms with E-state index in [-0.39, 0.29) is 11.8 Å². The van der Waals surface area contributed by atoms with Crippen LogP contribution >= 0.6 is 11.3 Å². The lowest BCUT2D eigenvalue weighted by atomic mass is 10.0. The SMILES string of the molecule is CCCNC(=O)[C@H](Cc1c[nH]c2ccccc12)NC(=O)c1cccs1. The summed E-state index contributed by atoms with van der Waals surface area (Å²) in [6, 6.07) is 10.9. The fourth-order valence-corrected chi connectivity index (χ4v) is 3.37. The normalized spacial score (nSPS) is 12.0. The van der Waals surface area contributed by atoms with Gasteiger partial charge in [0.05, 0.1) is 4.88 Å². The van der Waals surface area contributed by atoms with Gasteiger partial charge in [-0.25, -0.2) is 0 Å². The van der Waals surface area contributed by atoms with Gasteiger partial charge in [-0.2, -0.15) is 0 Å². The minimum absolute atomic E-state index is 0.156. The average molecular weight is 355 g/mol. The molecule has 3 N–H and O–H groups in total. The lowest BCUT2D eigenvalue weighted by Crippen LogP contribution is -2.48. The van der Waals surface area contributed by atoms with Crippen molar-refractivity contribution >= 4 is 34.1 Å². The Morgan fingerprint density at radius 3 is 2.80 bits per heavy atom. The monoisotopic (exact) mass is 355 g/mol. The number of fused-ring (bicyclic) bond motifs is 1. The summed E-state index contributed by atoms with van der Waals surface area (Å²) >= 11 is 1.36. The minimum Gasteiger partial charge on any atom is -0.361 e. The third kappa shape index (κ3) is 4.09. The predicted octanol–water partition coefficient (Wildman–Crippen LogP) is 3.10. The summed E-state index contributed by atoms with van der Waals surface area (Å²) in [5, 5.41) is 8.68. The number of nitrogens with one attached hydrogen (secondary N) is 3. The molecule has 2 heterocycles. The molecular weight excluding hydrogens is 334 g/mol. The first kappa shape index (κ1) is 17.2. The van der Waals surface area contributed by atoms with E-state index in [9.17, 15) is 9.59 Å². The van der Waals surface area contributed by atoms with E-state index in [0.717, 1.165) is 22.9 Å². The molecule has 2 aromatic heterocycles. The Kier molecular flexibility index (Phi) is 5.50. The van der Waals surface area contributed by atoms with Crippen LogP contribution in [-0.4, -0.2) is 29.4 Å². The molecule has 0 aliphatic heterocycles. The number of benzene rings is 1. The van der Waals surface area contributed by atoms with E-state index in [2.05, 4.69) is 15.6 Å². The van der Waals surface area contributed by atoms with Gasteiger partial charge in [0.25, 0.3) is 5.91 Å². The van der Waals surface area contributed by atoms with Gasteiger partial charge in [-0.15, -0.1) is 11.3 Å². The van der Waals surface area contributed by atoms with Crippen molar-refractivity contribution in [1.29, 1.82) is 0 Å². The van der Waals surface area contributed by atoms with Crippen LogP contribution in [0, 0.1) is 0 Å². The van der Waals surface area contributed by atoms with E-state index < -0.39 is 6.04 Å². The van der Waals surface area contributed by atoms with Crippen molar-refractivity contribution in [3.8, 4) is 0 Å². The number of amides is 2. The van der Waals surface area contributed by atoms with Crippen LogP contribution in [0.3, 0.4) is 0 Å². The molecule has 0 aliphatic carbocycles. The number of rotatable bonds is 7. The van der Waals surface area contributed by atoms with Gasteiger partial charge in [0, 0.05) is 30.1 Å². The molecular formula is C19H21N3O2S. The zero-order chi connectivity index (χ0) is 17.6. The van der Waals surface area contributed by atoms with Gasteiger partial charge in [0.15, 0.2) is 0 Å². The Bertz CT molecular complexity index is 855. The number of carbonyl (C=O) groups excluding carboxylic acids is 2. The molecule has 0 fully saturated rings. The largest absolute Gasteiger partial charge is 0.361 e. The molecule has 1 atom stereocenters. The Morgan fingerprint density at radius 1 is 1.20 bits per heavy atom. The Hall–Kier alpha value is -2.60. The third-order valence-corrected chi connectivity index (χ3v) is 4.88. The van der Waals surface area contributed by atoms with Crippen LogP contribution in [0.1, 0.15) is 28.6 Å². The number of thiophene rings is 1. The number of hydrogen-bond acceptors (Lipinski definition) is 3. The molecule has 0 saturated carbocycles. The maximum absolute atomic E-state index is 12.5. The van der Waals surface area contributed by atoms with Crippen LogP contribution in [0.15, 0.2) is 48.0 Å². The molecule has 25 heavy (non-hydrogen) atoms.